The SMILES string of the molecule is CC(C)C(=C[N+](=O)[O-])C(C)C. The van der Waals surface area contributed by atoms with E-state index in [2.05, 4.69) is 0 Å². The van der Waals surface area contributed by atoms with Crippen LogP contribution >= 0.6 is 0 Å². The first-order chi connectivity index (χ1) is 4.95. The number of nitrogens with zero attached hydrogens (tertiary/aromatic N) is 1. The summed E-state index contributed by atoms with van der Waals surface area (Å²) in [7, 11) is 0. The minimum absolute atomic E-state index is 0.264. The van der Waals surface area contributed by atoms with Gasteiger partial charge in [0, 0.05) is 5.57 Å². The third-order valence-electron chi connectivity index (χ3n) is 1.59. The Balaban J connectivity index is 4.46. The first-order valence-corrected chi connectivity index (χ1v) is 3.80. The van der Waals surface area contributed by atoms with Crippen molar-refractivity contribution in [3.05, 3.63) is 21.9 Å². The first-order valence-electron chi connectivity index (χ1n) is 3.80. The lowest BCUT2D eigenvalue weighted by molar-refractivity contribution is -0.404. The van der Waals surface area contributed by atoms with Gasteiger partial charge in [-0.25, -0.2) is 0 Å². The topological polar surface area (TPSA) is 43.1 Å². The summed E-state index contributed by atoms with van der Waals surface area (Å²) in [4.78, 5) is 9.77. The fourth-order valence-electron chi connectivity index (χ4n) is 1.09. The molecule has 0 heterocycles. The second-order valence-electron chi connectivity index (χ2n) is 3.22. The van der Waals surface area contributed by atoms with Crippen molar-refractivity contribution < 1.29 is 4.92 Å². The fraction of sp³-hybridized carbons (Fsp3) is 0.750. The molecule has 0 N–H and O–H groups in total. The van der Waals surface area contributed by atoms with E-state index in [-0.39, 0.29) is 16.8 Å². The standard InChI is InChI=1S/C8H15NO2/c1-6(2)8(7(3)4)5-9(10)11/h5-7H,1-4H3. The Morgan fingerprint density at radius 3 is 1.73 bits per heavy atom. The smallest absolute Gasteiger partial charge is 0.234 e. The van der Waals surface area contributed by atoms with Gasteiger partial charge in [-0.15, -0.1) is 0 Å². The monoisotopic (exact) mass is 157 g/mol. The molecular weight excluding hydrogens is 142 g/mol. The third-order valence-corrected chi connectivity index (χ3v) is 1.59. The highest BCUT2D eigenvalue weighted by Gasteiger charge is 2.11. The first kappa shape index (κ1) is 10.1. The zero-order valence-electron chi connectivity index (χ0n) is 7.50. The molecule has 0 aromatic carbocycles. The van der Waals surface area contributed by atoms with Gasteiger partial charge in [-0.2, -0.15) is 0 Å². The number of nitro groups is 1. The summed E-state index contributed by atoms with van der Waals surface area (Å²) in [5.41, 5.74) is 0.898. The molecule has 0 aliphatic heterocycles. The van der Waals surface area contributed by atoms with Gasteiger partial charge in [0.15, 0.2) is 0 Å². The maximum atomic E-state index is 10.1. The van der Waals surface area contributed by atoms with Gasteiger partial charge in [-0.3, -0.25) is 10.1 Å². The number of allylic oxidation sites excluding steroid dienone is 1. The summed E-state index contributed by atoms with van der Waals surface area (Å²) in [6.07, 6.45) is 1.12. The fourth-order valence-corrected chi connectivity index (χ4v) is 1.09. The van der Waals surface area contributed by atoms with Gasteiger partial charge >= 0.3 is 0 Å². The molecule has 0 atom stereocenters. The highest BCUT2D eigenvalue weighted by molar-refractivity contribution is 5.03. The van der Waals surface area contributed by atoms with E-state index < -0.39 is 0 Å². The molecule has 0 saturated heterocycles. The van der Waals surface area contributed by atoms with Crippen molar-refractivity contribution in [1.82, 2.24) is 0 Å². The Morgan fingerprint density at radius 2 is 1.64 bits per heavy atom. The summed E-state index contributed by atoms with van der Waals surface area (Å²) < 4.78 is 0. The molecule has 0 rings (SSSR count). The van der Waals surface area contributed by atoms with Gasteiger partial charge in [0.25, 0.3) is 0 Å². The van der Waals surface area contributed by atoms with E-state index in [1.165, 1.54) is 0 Å². The van der Waals surface area contributed by atoms with Crippen LogP contribution in [-0.2, 0) is 0 Å². The summed E-state index contributed by atoms with van der Waals surface area (Å²) in [5, 5.41) is 10.1. The molecule has 11 heavy (non-hydrogen) atoms. The normalized spacial score (nSPS) is 10.4. The number of rotatable bonds is 3. The Kier molecular flexibility index (Phi) is 3.79. The highest BCUT2D eigenvalue weighted by atomic mass is 16.6. The predicted octanol–water partition coefficient (Wildman–Crippen LogP) is 2.46. The average molecular weight is 157 g/mol. The van der Waals surface area contributed by atoms with Crippen LogP contribution in [-0.4, -0.2) is 4.92 Å². The van der Waals surface area contributed by atoms with Crippen LogP contribution in [0.5, 0.6) is 0 Å². The molecule has 0 aliphatic rings. The molecule has 0 bridgehead atoms. The summed E-state index contributed by atoms with van der Waals surface area (Å²) in [6, 6.07) is 0. The predicted molar refractivity (Wildman–Crippen MR) is 44.8 cm³/mol. The van der Waals surface area contributed by atoms with E-state index in [1.54, 1.807) is 0 Å². The van der Waals surface area contributed by atoms with Crippen molar-refractivity contribution in [3.8, 4) is 0 Å². The lowest BCUT2D eigenvalue weighted by Crippen LogP contribution is -2.04. The quantitative estimate of drug-likeness (QED) is 0.466. The van der Waals surface area contributed by atoms with Gasteiger partial charge < -0.3 is 0 Å². The van der Waals surface area contributed by atoms with Gasteiger partial charge in [-0.05, 0) is 11.8 Å². The van der Waals surface area contributed by atoms with E-state index in [9.17, 15) is 10.1 Å². The Bertz CT molecular complexity index is 161. The molecule has 3 nitrogen and oxygen atoms in total. The summed E-state index contributed by atoms with van der Waals surface area (Å²) >= 11 is 0. The van der Waals surface area contributed by atoms with Crippen molar-refractivity contribution >= 4 is 0 Å². The van der Waals surface area contributed by atoms with Crippen molar-refractivity contribution in [3.63, 3.8) is 0 Å². The number of hydrogen-bond acceptors (Lipinski definition) is 2. The molecular formula is C8H15NO2. The van der Waals surface area contributed by atoms with E-state index in [4.69, 9.17) is 0 Å². The third kappa shape index (κ3) is 3.75. The van der Waals surface area contributed by atoms with Crippen molar-refractivity contribution in [2.45, 2.75) is 27.7 Å². The van der Waals surface area contributed by atoms with E-state index in [1.807, 2.05) is 27.7 Å². The van der Waals surface area contributed by atoms with E-state index in [0.717, 1.165) is 11.8 Å². The lowest BCUT2D eigenvalue weighted by Gasteiger charge is -2.11. The van der Waals surface area contributed by atoms with E-state index >= 15 is 0 Å². The molecule has 0 unspecified atom stereocenters. The zero-order valence-corrected chi connectivity index (χ0v) is 7.50. The zero-order chi connectivity index (χ0) is 9.02. The van der Waals surface area contributed by atoms with Gasteiger partial charge in [0.05, 0.1) is 4.92 Å². The Hall–Kier alpha value is -0.860. The molecule has 0 spiro atoms. The van der Waals surface area contributed by atoms with Crippen LogP contribution in [0.3, 0.4) is 0 Å². The average Bonchev–Trinajstić information content (AvgIpc) is 1.81. The minimum Gasteiger partial charge on any atom is -0.259 e. The van der Waals surface area contributed by atoms with Crippen molar-refractivity contribution in [1.29, 1.82) is 0 Å². The number of hydrogen-bond donors (Lipinski definition) is 0. The summed E-state index contributed by atoms with van der Waals surface area (Å²) in [5.74, 6) is 0.529. The van der Waals surface area contributed by atoms with Crippen LogP contribution in [0.15, 0.2) is 11.8 Å². The second kappa shape index (κ2) is 4.11. The maximum Gasteiger partial charge on any atom is 0.234 e. The molecule has 0 fully saturated rings. The maximum absolute atomic E-state index is 10.1. The highest BCUT2D eigenvalue weighted by Crippen LogP contribution is 2.18. The van der Waals surface area contributed by atoms with Crippen LogP contribution in [0.1, 0.15) is 27.7 Å². The van der Waals surface area contributed by atoms with Crippen LogP contribution in [0, 0.1) is 22.0 Å². The molecule has 0 aromatic heterocycles. The minimum atomic E-state index is -0.380. The lowest BCUT2D eigenvalue weighted by atomic mass is 9.94. The molecule has 3 heteroatoms. The molecule has 0 amide bonds. The molecule has 0 saturated carbocycles. The summed E-state index contributed by atoms with van der Waals surface area (Å²) in [6.45, 7) is 7.87. The second-order valence-corrected chi connectivity index (χ2v) is 3.22. The van der Waals surface area contributed by atoms with Crippen LogP contribution in [0.2, 0.25) is 0 Å². The van der Waals surface area contributed by atoms with Gasteiger partial charge in [-0.1, -0.05) is 27.7 Å². The van der Waals surface area contributed by atoms with Gasteiger partial charge in [0.1, 0.15) is 0 Å². The van der Waals surface area contributed by atoms with Crippen LogP contribution < -0.4 is 0 Å². The molecule has 0 aliphatic carbocycles. The van der Waals surface area contributed by atoms with Crippen molar-refractivity contribution in [2.24, 2.45) is 11.8 Å². The largest absolute Gasteiger partial charge is 0.259 e. The Labute approximate surface area is 67.3 Å². The van der Waals surface area contributed by atoms with Crippen LogP contribution in [0.25, 0.3) is 0 Å². The molecule has 64 valence electrons. The molecule has 0 aromatic rings. The van der Waals surface area contributed by atoms with E-state index in [0.29, 0.717) is 0 Å². The Morgan fingerprint density at radius 1 is 1.27 bits per heavy atom. The molecule has 0 radical (unpaired) electrons. The van der Waals surface area contributed by atoms with Crippen LogP contribution in [0.4, 0.5) is 0 Å². The van der Waals surface area contributed by atoms with Gasteiger partial charge in [0.2, 0.25) is 6.20 Å². The van der Waals surface area contributed by atoms with Crippen molar-refractivity contribution in [2.75, 3.05) is 0 Å².